The summed E-state index contributed by atoms with van der Waals surface area (Å²) < 4.78 is 5.36. The second-order valence-corrected chi connectivity index (χ2v) is 5.09. The van der Waals surface area contributed by atoms with Crippen LogP contribution < -0.4 is 10.1 Å². The third kappa shape index (κ3) is 4.61. The predicted octanol–water partition coefficient (Wildman–Crippen LogP) is 2.52. The van der Waals surface area contributed by atoms with Crippen LogP contribution in [0, 0.1) is 0 Å². The first-order valence-corrected chi connectivity index (χ1v) is 5.50. The van der Waals surface area contributed by atoms with Crippen molar-refractivity contribution in [2.45, 2.75) is 46.3 Å². The third-order valence-electron chi connectivity index (χ3n) is 1.42. The van der Waals surface area contributed by atoms with Crippen LogP contribution in [0.5, 0.6) is 6.01 Å². The fraction of sp³-hybridized carbons (Fsp3) is 0.700. The molecule has 0 aliphatic rings. The van der Waals surface area contributed by atoms with Crippen LogP contribution in [0.25, 0.3) is 0 Å². The molecule has 1 aromatic heterocycles. The molecule has 0 amide bonds. The van der Waals surface area contributed by atoms with E-state index in [-0.39, 0.29) is 22.9 Å². The van der Waals surface area contributed by atoms with Crippen LogP contribution in [0.4, 0.5) is 5.95 Å². The van der Waals surface area contributed by atoms with Crippen LogP contribution in [0.2, 0.25) is 5.28 Å². The molecule has 16 heavy (non-hydrogen) atoms. The van der Waals surface area contributed by atoms with E-state index in [0.717, 1.165) is 0 Å². The Balaban J connectivity index is 2.90. The highest BCUT2D eigenvalue weighted by Crippen LogP contribution is 2.15. The highest BCUT2D eigenvalue weighted by molar-refractivity contribution is 6.28. The van der Waals surface area contributed by atoms with E-state index in [1.165, 1.54) is 0 Å². The maximum absolute atomic E-state index is 5.78. The molecule has 0 saturated carbocycles. The van der Waals surface area contributed by atoms with Crippen molar-refractivity contribution in [3.8, 4) is 6.01 Å². The standard InChI is InChI=1S/C10H17ClN4O/c1-6(2)16-9-13-7(11)12-8(14-9)15-10(3,4)5/h6H,1-5H3,(H,12,13,14,15). The van der Waals surface area contributed by atoms with Gasteiger partial charge in [0, 0.05) is 5.54 Å². The number of hydrogen-bond acceptors (Lipinski definition) is 5. The van der Waals surface area contributed by atoms with Gasteiger partial charge in [0.05, 0.1) is 6.10 Å². The first-order valence-electron chi connectivity index (χ1n) is 5.13. The largest absolute Gasteiger partial charge is 0.461 e. The number of rotatable bonds is 3. The van der Waals surface area contributed by atoms with E-state index < -0.39 is 0 Å². The van der Waals surface area contributed by atoms with Crippen LogP contribution in [0.3, 0.4) is 0 Å². The van der Waals surface area contributed by atoms with Crippen LogP contribution in [0.1, 0.15) is 34.6 Å². The number of aromatic nitrogens is 3. The van der Waals surface area contributed by atoms with E-state index in [0.29, 0.717) is 5.95 Å². The molecule has 1 aromatic rings. The van der Waals surface area contributed by atoms with Gasteiger partial charge >= 0.3 is 6.01 Å². The summed E-state index contributed by atoms with van der Waals surface area (Å²) in [5.74, 6) is 0.420. The molecule has 0 fully saturated rings. The normalized spacial score (nSPS) is 11.7. The van der Waals surface area contributed by atoms with Gasteiger partial charge in [-0.3, -0.25) is 0 Å². The lowest BCUT2D eigenvalue weighted by molar-refractivity contribution is 0.221. The number of nitrogens with zero attached hydrogens (tertiary/aromatic N) is 3. The van der Waals surface area contributed by atoms with Crippen molar-refractivity contribution in [1.29, 1.82) is 0 Å². The summed E-state index contributed by atoms with van der Waals surface area (Å²) in [5, 5.41) is 3.23. The molecule has 1 N–H and O–H groups in total. The number of hydrogen-bond donors (Lipinski definition) is 1. The van der Waals surface area contributed by atoms with Gasteiger partial charge in [-0.25, -0.2) is 0 Å². The summed E-state index contributed by atoms with van der Waals surface area (Å²) in [7, 11) is 0. The molecule has 1 rings (SSSR count). The maximum Gasteiger partial charge on any atom is 0.322 e. The van der Waals surface area contributed by atoms with E-state index in [1.54, 1.807) is 0 Å². The SMILES string of the molecule is CC(C)Oc1nc(Cl)nc(NC(C)(C)C)n1. The summed E-state index contributed by atoms with van der Waals surface area (Å²) in [6.45, 7) is 9.82. The van der Waals surface area contributed by atoms with Crippen molar-refractivity contribution in [3.63, 3.8) is 0 Å². The second kappa shape index (κ2) is 4.82. The third-order valence-corrected chi connectivity index (χ3v) is 1.58. The molecule has 6 heteroatoms. The van der Waals surface area contributed by atoms with E-state index in [4.69, 9.17) is 16.3 Å². The van der Waals surface area contributed by atoms with Crippen molar-refractivity contribution in [2.24, 2.45) is 0 Å². The summed E-state index contributed by atoms with van der Waals surface area (Å²) >= 11 is 5.78. The first kappa shape index (κ1) is 13.0. The molecule has 0 aromatic carbocycles. The number of halogens is 1. The Bertz CT molecular complexity index is 362. The summed E-state index contributed by atoms with van der Waals surface area (Å²) in [5.41, 5.74) is -0.139. The van der Waals surface area contributed by atoms with Gasteiger partial charge in [0.1, 0.15) is 0 Å². The van der Waals surface area contributed by atoms with Crippen LogP contribution in [0.15, 0.2) is 0 Å². The van der Waals surface area contributed by atoms with Crippen LogP contribution >= 0.6 is 11.6 Å². The molecule has 0 unspecified atom stereocenters. The van der Waals surface area contributed by atoms with E-state index in [2.05, 4.69) is 20.3 Å². The average Bonchev–Trinajstić information content (AvgIpc) is 1.96. The van der Waals surface area contributed by atoms with E-state index >= 15 is 0 Å². The fourth-order valence-electron chi connectivity index (χ4n) is 0.987. The quantitative estimate of drug-likeness (QED) is 0.885. The van der Waals surface area contributed by atoms with E-state index in [9.17, 15) is 0 Å². The van der Waals surface area contributed by atoms with Gasteiger partial charge in [-0.1, -0.05) is 0 Å². The second-order valence-electron chi connectivity index (χ2n) is 4.75. The smallest absolute Gasteiger partial charge is 0.322 e. The molecule has 0 aliphatic carbocycles. The number of ether oxygens (including phenoxy) is 1. The van der Waals surface area contributed by atoms with Crippen LogP contribution in [-0.4, -0.2) is 26.6 Å². The van der Waals surface area contributed by atoms with Crippen molar-refractivity contribution in [3.05, 3.63) is 5.28 Å². The monoisotopic (exact) mass is 244 g/mol. The van der Waals surface area contributed by atoms with Crippen molar-refractivity contribution >= 4 is 17.5 Å². The minimum absolute atomic E-state index is 0.000883. The van der Waals surface area contributed by atoms with Crippen molar-refractivity contribution < 1.29 is 4.74 Å². The molecule has 0 bridgehead atoms. The zero-order valence-electron chi connectivity index (χ0n) is 10.2. The fourth-order valence-corrected chi connectivity index (χ4v) is 1.14. The predicted molar refractivity (Wildman–Crippen MR) is 64.0 cm³/mol. The zero-order valence-corrected chi connectivity index (χ0v) is 11.0. The van der Waals surface area contributed by atoms with Crippen molar-refractivity contribution in [2.75, 3.05) is 5.32 Å². The number of anilines is 1. The molecular formula is C10H17ClN4O. The molecule has 0 radical (unpaired) electrons. The lowest BCUT2D eigenvalue weighted by Gasteiger charge is -2.20. The van der Waals surface area contributed by atoms with Gasteiger partial charge in [0.2, 0.25) is 11.2 Å². The Morgan fingerprint density at radius 1 is 1.19 bits per heavy atom. The Morgan fingerprint density at radius 3 is 2.31 bits per heavy atom. The first-order chi connectivity index (χ1) is 7.26. The molecule has 1 heterocycles. The van der Waals surface area contributed by atoms with Gasteiger partial charge in [-0.15, -0.1) is 0 Å². The molecule has 90 valence electrons. The van der Waals surface area contributed by atoms with E-state index in [1.807, 2.05) is 34.6 Å². The van der Waals surface area contributed by atoms with Crippen LogP contribution in [-0.2, 0) is 0 Å². The summed E-state index contributed by atoms with van der Waals surface area (Å²) in [6, 6.07) is 0.238. The van der Waals surface area contributed by atoms with Gasteiger partial charge in [-0.05, 0) is 46.2 Å². The van der Waals surface area contributed by atoms with Gasteiger partial charge < -0.3 is 10.1 Å². The molecule has 0 aliphatic heterocycles. The van der Waals surface area contributed by atoms with Gasteiger partial charge in [0.25, 0.3) is 0 Å². The molecule has 5 nitrogen and oxygen atoms in total. The Morgan fingerprint density at radius 2 is 1.81 bits per heavy atom. The van der Waals surface area contributed by atoms with Gasteiger partial charge in [-0.2, -0.15) is 15.0 Å². The Kier molecular flexibility index (Phi) is 3.91. The lowest BCUT2D eigenvalue weighted by atomic mass is 10.1. The minimum Gasteiger partial charge on any atom is -0.461 e. The van der Waals surface area contributed by atoms with Gasteiger partial charge in [0.15, 0.2) is 0 Å². The highest BCUT2D eigenvalue weighted by atomic mass is 35.5. The van der Waals surface area contributed by atoms with Crippen molar-refractivity contribution in [1.82, 2.24) is 15.0 Å². The Hall–Kier alpha value is -1.10. The maximum atomic E-state index is 5.78. The molecular weight excluding hydrogens is 228 g/mol. The highest BCUT2D eigenvalue weighted by Gasteiger charge is 2.14. The topological polar surface area (TPSA) is 59.9 Å². The molecule has 0 atom stereocenters. The molecule has 0 spiro atoms. The minimum atomic E-state index is -0.139. The summed E-state index contributed by atoms with van der Waals surface area (Å²) in [6.07, 6.45) is 0.000883. The average molecular weight is 245 g/mol. The summed E-state index contributed by atoms with van der Waals surface area (Å²) in [4.78, 5) is 12.0. The zero-order chi connectivity index (χ0) is 12.3. The molecule has 0 saturated heterocycles. The Labute approximate surface area is 101 Å². The lowest BCUT2D eigenvalue weighted by Crippen LogP contribution is -2.27. The number of nitrogens with one attached hydrogen (secondary N) is 1.